The Morgan fingerprint density at radius 2 is 1.91 bits per heavy atom. The summed E-state index contributed by atoms with van der Waals surface area (Å²) >= 11 is 6.63. The zero-order valence-corrected chi connectivity index (χ0v) is 27.9. The third-order valence-corrected chi connectivity index (χ3v) is 8.65. The smallest absolute Gasteiger partial charge is 0.407 e. The molecule has 250 valence electrons. The first kappa shape index (κ1) is 34.4. The maximum Gasteiger partial charge on any atom is 0.407 e. The van der Waals surface area contributed by atoms with Crippen LogP contribution in [-0.2, 0) is 19.8 Å². The van der Waals surface area contributed by atoms with Crippen molar-refractivity contribution in [3.63, 3.8) is 0 Å². The van der Waals surface area contributed by atoms with E-state index >= 15 is 8.78 Å². The molecule has 1 amide bonds. The van der Waals surface area contributed by atoms with Crippen LogP contribution in [0.15, 0.2) is 48.5 Å². The summed E-state index contributed by atoms with van der Waals surface area (Å²) in [6.45, 7) is 9.42. The summed E-state index contributed by atoms with van der Waals surface area (Å²) in [4.78, 5) is 12.8. The number of rotatable bonds is 9. The van der Waals surface area contributed by atoms with Gasteiger partial charge in [-0.05, 0) is 64.7 Å². The molecule has 0 aliphatic carbocycles. The van der Waals surface area contributed by atoms with E-state index in [0.717, 1.165) is 25.3 Å². The molecule has 3 aromatic carbocycles. The second-order valence-corrected chi connectivity index (χ2v) is 13.2. The fraction of sp³-hybridized carbons (Fsp3) is 0.444. The Morgan fingerprint density at radius 1 is 1.17 bits per heavy atom. The van der Waals surface area contributed by atoms with Gasteiger partial charge in [-0.3, -0.25) is 0 Å². The highest BCUT2D eigenvalue weighted by atomic mass is 35.5. The molecular weight excluding hydrogens is 630 g/mol. The van der Waals surface area contributed by atoms with Crippen LogP contribution < -0.4 is 14.8 Å². The minimum absolute atomic E-state index is 0.00404. The van der Waals surface area contributed by atoms with Gasteiger partial charge in [0.15, 0.2) is 23.5 Å². The van der Waals surface area contributed by atoms with Crippen molar-refractivity contribution in [1.82, 2.24) is 5.32 Å². The molecule has 5 rings (SSSR count). The second-order valence-electron chi connectivity index (χ2n) is 12.9. The van der Waals surface area contributed by atoms with E-state index in [0.29, 0.717) is 17.7 Å². The number of benzene rings is 3. The summed E-state index contributed by atoms with van der Waals surface area (Å²) in [5.74, 6) is -2.41. The van der Waals surface area contributed by atoms with E-state index in [9.17, 15) is 10.1 Å². The first-order chi connectivity index (χ1) is 22.3. The van der Waals surface area contributed by atoms with Crippen LogP contribution in [0.3, 0.4) is 0 Å². The summed E-state index contributed by atoms with van der Waals surface area (Å²) in [5.41, 5.74) is -1.26. The van der Waals surface area contributed by atoms with Crippen LogP contribution in [0.1, 0.15) is 76.5 Å². The van der Waals surface area contributed by atoms with Gasteiger partial charge in [-0.1, -0.05) is 48.9 Å². The lowest BCUT2D eigenvalue weighted by Gasteiger charge is -2.34. The lowest BCUT2D eigenvalue weighted by atomic mass is 9.77. The predicted octanol–water partition coefficient (Wildman–Crippen LogP) is 8.38. The van der Waals surface area contributed by atoms with Crippen LogP contribution >= 0.6 is 11.6 Å². The van der Waals surface area contributed by atoms with Crippen molar-refractivity contribution in [1.29, 1.82) is 5.26 Å². The van der Waals surface area contributed by atoms with Gasteiger partial charge in [0, 0.05) is 35.3 Å². The highest BCUT2D eigenvalue weighted by molar-refractivity contribution is 6.34. The summed E-state index contributed by atoms with van der Waals surface area (Å²) in [5, 5.41) is 12.5. The number of nitrogens with zero attached hydrogens (tertiary/aromatic N) is 1. The highest BCUT2D eigenvalue weighted by Crippen LogP contribution is 2.56. The lowest BCUT2D eigenvalue weighted by Crippen LogP contribution is -2.47. The molecule has 1 unspecified atom stereocenters. The van der Waals surface area contributed by atoms with Crippen molar-refractivity contribution < 1.29 is 37.3 Å². The van der Waals surface area contributed by atoms with Gasteiger partial charge in [0.2, 0.25) is 0 Å². The molecule has 47 heavy (non-hydrogen) atoms. The number of carbonyl (C=O) groups is 1. The van der Waals surface area contributed by atoms with Crippen LogP contribution in [0.4, 0.5) is 13.6 Å². The Kier molecular flexibility index (Phi) is 10.3. The third kappa shape index (κ3) is 7.33. The Bertz CT molecular complexity index is 1650. The minimum Gasteiger partial charge on any atom is -0.488 e. The lowest BCUT2D eigenvalue weighted by molar-refractivity contribution is -0.189. The van der Waals surface area contributed by atoms with Gasteiger partial charge in [-0.25, -0.2) is 13.6 Å². The van der Waals surface area contributed by atoms with E-state index < -0.39 is 41.0 Å². The Hall–Kier alpha value is -3.91. The fourth-order valence-corrected chi connectivity index (χ4v) is 6.31. The van der Waals surface area contributed by atoms with Gasteiger partial charge in [-0.2, -0.15) is 5.26 Å². The molecule has 4 atom stereocenters. The number of fused-ring (bicyclic) bond motifs is 1. The standard InChI is InChI=1S/C36H39ClF2N2O6/c1-21(45-28-13-9-10-16-43-28)19-44-26-15-14-23(18-40)30(33(26)39)31-29-22(2)36(24-11-7-6-8-12-24,20-41-34(42)47-35(3,4)5)46-27(29)17-25(38)32(31)37/h6-8,11-12,14-15,17,21-22,28H,9-10,13,16,19-20H2,1-5H3,(H,41,42)/t21-,22-,28?,36-/m0/s1. The van der Waals surface area contributed by atoms with Gasteiger partial charge in [0.05, 0.1) is 29.3 Å². The van der Waals surface area contributed by atoms with Gasteiger partial charge in [0.25, 0.3) is 0 Å². The molecule has 1 N–H and O–H groups in total. The van der Waals surface area contributed by atoms with E-state index in [2.05, 4.69) is 5.32 Å². The number of alkyl carbamates (subject to hydrolysis) is 1. The zero-order valence-electron chi connectivity index (χ0n) is 27.1. The van der Waals surface area contributed by atoms with Gasteiger partial charge in [-0.15, -0.1) is 0 Å². The van der Waals surface area contributed by atoms with E-state index in [4.69, 9.17) is 35.3 Å². The van der Waals surface area contributed by atoms with Crippen LogP contribution in [0.25, 0.3) is 11.1 Å². The molecule has 8 nitrogen and oxygen atoms in total. The van der Waals surface area contributed by atoms with E-state index in [-0.39, 0.29) is 52.7 Å². The van der Waals surface area contributed by atoms with Crippen LogP contribution in [0, 0.1) is 23.0 Å². The quantitative estimate of drug-likeness (QED) is 0.245. The SMILES string of the molecule is C[C@@H](COc1ccc(C#N)c(-c2c(Cl)c(F)cc3c2[C@H](C)[C@@](CNC(=O)OC(C)(C)C)(c2ccccc2)O3)c1F)OC1CCCCO1. The molecule has 1 saturated heterocycles. The number of hydrogen-bond donors (Lipinski definition) is 1. The molecule has 0 aromatic heterocycles. The number of nitriles is 1. The van der Waals surface area contributed by atoms with Crippen LogP contribution in [0.2, 0.25) is 5.02 Å². The molecule has 2 aliphatic rings. The van der Waals surface area contributed by atoms with Crippen molar-refractivity contribution in [2.75, 3.05) is 19.8 Å². The minimum atomic E-state index is -1.27. The number of ether oxygens (including phenoxy) is 5. The highest BCUT2D eigenvalue weighted by Gasteiger charge is 2.50. The van der Waals surface area contributed by atoms with Crippen molar-refractivity contribution >= 4 is 17.7 Å². The molecule has 1 fully saturated rings. The van der Waals surface area contributed by atoms with Crippen LogP contribution in [-0.4, -0.2) is 43.8 Å². The maximum absolute atomic E-state index is 16.5. The molecule has 0 radical (unpaired) electrons. The molecule has 11 heteroatoms. The Morgan fingerprint density at radius 3 is 2.57 bits per heavy atom. The molecule has 0 bridgehead atoms. The largest absolute Gasteiger partial charge is 0.488 e. The predicted molar refractivity (Wildman–Crippen MR) is 173 cm³/mol. The summed E-state index contributed by atoms with van der Waals surface area (Å²) in [6, 6.07) is 15.0. The zero-order chi connectivity index (χ0) is 33.9. The molecule has 3 aromatic rings. The van der Waals surface area contributed by atoms with E-state index in [1.54, 1.807) is 27.7 Å². The monoisotopic (exact) mass is 668 g/mol. The first-order valence-electron chi connectivity index (χ1n) is 15.7. The maximum atomic E-state index is 16.5. The molecular formula is C36H39ClF2N2O6. The van der Waals surface area contributed by atoms with Gasteiger partial charge >= 0.3 is 6.09 Å². The van der Waals surface area contributed by atoms with Crippen molar-refractivity contribution in [2.45, 2.75) is 83.4 Å². The molecule has 0 spiro atoms. The van der Waals surface area contributed by atoms with Crippen molar-refractivity contribution in [3.05, 3.63) is 81.9 Å². The van der Waals surface area contributed by atoms with E-state index in [1.165, 1.54) is 12.1 Å². The molecule has 2 heterocycles. The fourth-order valence-electron chi connectivity index (χ4n) is 6.06. The molecule has 0 saturated carbocycles. The average Bonchev–Trinajstić information content (AvgIpc) is 3.31. The number of carbonyl (C=O) groups excluding carboxylic acids is 1. The summed E-state index contributed by atoms with van der Waals surface area (Å²) in [6.07, 6.45) is 1.30. The number of amides is 1. The number of nitrogens with one attached hydrogen (secondary N) is 1. The Labute approximate surface area is 278 Å². The normalized spacial score (nSPS) is 21.3. The number of hydrogen-bond acceptors (Lipinski definition) is 7. The van der Waals surface area contributed by atoms with Gasteiger partial charge < -0.3 is 29.0 Å². The first-order valence-corrected chi connectivity index (χ1v) is 16.1. The van der Waals surface area contributed by atoms with Crippen molar-refractivity contribution in [2.24, 2.45) is 0 Å². The topological polar surface area (TPSA) is 99.0 Å². The van der Waals surface area contributed by atoms with Gasteiger partial charge in [0.1, 0.15) is 23.8 Å². The average molecular weight is 669 g/mol. The van der Waals surface area contributed by atoms with E-state index in [1.807, 2.05) is 43.3 Å². The second kappa shape index (κ2) is 14.1. The molecule has 2 aliphatic heterocycles. The summed E-state index contributed by atoms with van der Waals surface area (Å²) in [7, 11) is 0. The van der Waals surface area contributed by atoms with Crippen LogP contribution in [0.5, 0.6) is 11.5 Å². The Balaban J connectivity index is 1.54. The number of halogens is 3. The van der Waals surface area contributed by atoms with Crippen molar-refractivity contribution in [3.8, 4) is 28.7 Å². The third-order valence-electron chi connectivity index (χ3n) is 8.28. The summed E-state index contributed by atoms with van der Waals surface area (Å²) < 4.78 is 61.5.